The first kappa shape index (κ1) is 15.0. The van der Waals surface area contributed by atoms with Crippen molar-refractivity contribution in [3.05, 3.63) is 65.0 Å². The average Bonchev–Trinajstić information content (AvgIpc) is 2.48. The van der Waals surface area contributed by atoms with Gasteiger partial charge < -0.3 is 16.4 Å². The minimum Gasteiger partial charge on any atom is -0.334 e. The van der Waals surface area contributed by atoms with Crippen LogP contribution in [0.4, 0.5) is 14.9 Å². The van der Waals surface area contributed by atoms with Crippen molar-refractivity contribution in [1.82, 2.24) is 5.32 Å². The Morgan fingerprint density at radius 2 is 1.90 bits per heavy atom. The molecule has 0 saturated carbocycles. The number of nitrogens with one attached hydrogen (secondary N) is 2. The number of carbonyl (C=O) groups excluding carboxylic acids is 1. The van der Waals surface area contributed by atoms with Gasteiger partial charge in [-0.25, -0.2) is 9.18 Å². The second-order valence-electron chi connectivity index (χ2n) is 4.80. The van der Waals surface area contributed by atoms with Gasteiger partial charge >= 0.3 is 6.03 Å². The Labute approximate surface area is 123 Å². The summed E-state index contributed by atoms with van der Waals surface area (Å²) in [7, 11) is 0. The van der Waals surface area contributed by atoms with Gasteiger partial charge in [0.15, 0.2) is 0 Å². The average molecular weight is 287 g/mol. The van der Waals surface area contributed by atoms with Crippen molar-refractivity contribution in [3.63, 3.8) is 0 Å². The first-order chi connectivity index (χ1) is 10.1. The lowest BCUT2D eigenvalue weighted by Gasteiger charge is -2.09. The molecule has 0 heterocycles. The number of benzene rings is 2. The molecule has 0 bridgehead atoms. The molecule has 0 aliphatic heterocycles. The summed E-state index contributed by atoms with van der Waals surface area (Å²) in [5, 5.41) is 5.31. The van der Waals surface area contributed by atoms with Crippen molar-refractivity contribution in [3.8, 4) is 0 Å². The Hall–Kier alpha value is -2.40. The third-order valence-electron chi connectivity index (χ3n) is 3.10. The van der Waals surface area contributed by atoms with E-state index in [2.05, 4.69) is 10.6 Å². The molecule has 2 aromatic carbocycles. The van der Waals surface area contributed by atoms with Gasteiger partial charge in [-0.3, -0.25) is 0 Å². The molecule has 2 aromatic rings. The molecule has 0 atom stereocenters. The standard InChI is InChI=1S/C16H18FN3O/c1-11-2-6-14(7-3-11)20-16(21)19-10-13-5-4-12(9-18)8-15(13)17/h2-8H,9-10,18H2,1H3,(H2,19,20,21). The number of amides is 2. The number of rotatable bonds is 4. The Balaban J connectivity index is 1.90. The third kappa shape index (κ3) is 4.29. The summed E-state index contributed by atoms with van der Waals surface area (Å²) >= 11 is 0. The molecule has 0 saturated heterocycles. The predicted molar refractivity (Wildman–Crippen MR) is 81.3 cm³/mol. The van der Waals surface area contributed by atoms with E-state index in [1.165, 1.54) is 6.07 Å². The van der Waals surface area contributed by atoms with Crippen molar-refractivity contribution in [2.45, 2.75) is 20.0 Å². The molecule has 5 heteroatoms. The first-order valence-corrected chi connectivity index (χ1v) is 6.67. The number of urea groups is 1. The maximum absolute atomic E-state index is 13.7. The van der Waals surface area contributed by atoms with Gasteiger partial charge in [0.1, 0.15) is 5.82 Å². The topological polar surface area (TPSA) is 67.2 Å². The summed E-state index contributed by atoms with van der Waals surface area (Å²) in [5.41, 5.74) is 8.39. The minimum absolute atomic E-state index is 0.119. The summed E-state index contributed by atoms with van der Waals surface area (Å²) in [6, 6.07) is 11.8. The van der Waals surface area contributed by atoms with Gasteiger partial charge in [0, 0.05) is 24.3 Å². The molecule has 21 heavy (non-hydrogen) atoms. The van der Waals surface area contributed by atoms with Gasteiger partial charge in [-0.2, -0.15) is 0 Å². The highest BCUT2D eigenvalue weighted by Gasteiger charge is 2.06. The smallest absolute Gasteiger partial charge is 0.319 e. The summed E-state index contributed by atoms with van der Waals surface area (Å²) in [4.78, 5) is 11.7. The fourth-order valence-electron chi connectivity index (χ4n) is 1.85. The van der Waals surface area contributed by atoms with Crippen molar-refractivity contribution in [1.29, 1.82) is 0 Å². The van der Waals surface area contributed by atoms with E-state index < -0.39 is 0 Å². The van der Waals surface area contributed by atoms with Gasteiger partial charge in [-0.15, -0.1) is 0 Å². The van der Waals surface area contributed by atoms with E-state index in [0.29, 0.717) is 17.8 Å². The van der Waals surface area contributed by atoms with Crippen molar-refractivity contribution >= 4 is 11.7 Å². The largest absolute Gasteiger partial charge is 0.334 e. The van der Waals surface area contributed by atoms with Crippen molar-refractivity contribution < 1.29 is 9.18 Å². The number of hydrogen-bond acceptors (Lipinski definition) is 2. The van der Waals surface area contributed by atoms with Gasteiger partial charge in [0.2, 0.25) is 0 Å². The van der Waals surface area contributed by atoms with Crippen LogP contribution in [0, 0.1) is 12.7 Å². The monoisotopic (exact) mass is 287 g/mol. The van der Waals surface area contributed by atoms with Gasteiger partial charge in [0.25, 0.3) is 0 Å². The van der Waals surface area contributed by atoms with E-state index in [1.807, 2.05) is 31.2 Å². The highest BCUT2D eigenvalue weighted by molar-refractivity contribution is 5.89. The third-order valence-corrected chi connectivity index (χ3v) is 3.10. The summed E-state index contributed by atoms with van der Waals surface area (Å²) in [5.74, 6) is -0.367. The fourth-order valence-corrected chi connectivity index (χ4v) is 1.85. The summed E-state index contributed by atoms with van der Waals surface area (Å²) in [6.07, 6.45) is 0. The molecule has 2 rings (SSSR count). The minimum atomic E-state index is -0.374. The Morgan fingerprint density at radius 3 is 2.52 bits per heavy atom. The molecule has 0 unspecified atom stereocenters. The molecule has 0 radical (unpaired) electrons. The predicted octanol–water partition coefficient (Wildman–Crippen LogP) is 2.91. The van der Waals surface area contributed by atoms with Crippen LogP contribution in [0.5, 0.6) is 0 Å². The first-order valence-electron chi connectivity index (χ1n) is 6.67. The van der Waals surface area contributed by atoms with E-state index in [9.17, 15) is 9.18 Å². The molecular weight excluding hydrogens is 269 g/mol. The van der Waals surface area contributed by atoms with Crippen molar-refractivity contribution in [2.24, 2.45) is 5.73 Å². The molecule has 0 aliphatic rings. The van der Waals surface area contributed by atoms with Crippen LogP contribution in [0.2, 0.25) is 0 Å². The van der Waals surface area contributed by atoms with Crippen LogP contribution in [-0.4, -0.2) is 6.03 Å². The lowest BCUT2D eigenvalue weighted by Crippen LogP contribution is -2.28. The zero-order valence-electron chi connectivity index (χ0n) is 11.8. The number of nitrogens with two attached hydrogens (primary N) is 1. The van der Waals surface area contributed by atoms with Gasteiger partial charge in [-0.05, 0) is 30.7 Å². The van der Waals surface area contributed by atoms with Crippen molar-refractivity contribution in [2.75, 3.05) is 5.32 Å². The van der Waals surface area contributed by atoms with Crippen LogP contribution in [0.25, 0.3) is 0 Å². The van der Waals surface area contributed by atoms with Crippen LogP contribution in [-0.2, 0) is 13.1 Å². The molecule has 2 amide bonds. The maximum Gasteiger partial charge on any atom is 0.319 e. The molecule has 0 spiro atoms. The number of hydrogen-bond donors (Lipinski definition) is 3. The fraction of sp³-hybridized carbons (Fsp3) is 0.188. The number of carbonyl (C=O) groups is 1. The zero-order chi connectivity index (χ0) is 15.2. The normalized spacial score (nSPS) is 10.2. The van der Waals surface area contributed by atoms with Crippen LogP contribution >= 0.6 is 0 Å². The van der Waals surface area contributed by atoms with Gasteiger partial charge in [-0.1, -0.05) is 29.8 Å². The van der Waals surface area contributed by atoms with Crippen LogP contribution in [0.3, 0.4) is 0 Å². The molecule has 0 aliphatic carbocycles. The Kier molecular flexibility index (Phi) is 4.90. The maximum atomic E-state index is 13.7. The lowest BCUT2D eigenvalue weighted by molar-refractivity contribution is 0.251. The lowest BCUT2D eigenvalue weighted by atomic mass is 10.1. The van der Waals surface area contributed by atoms with Gasteiger partial charge in [0.05, 0.1) is 0 Å². The number of halogens is 1. The van der Waals surface area contributed by atoms with E-state index in [0.717, 1.165) is 11.1 Å². The SMILES string of the molecule is Cc1ccc(NC(=O)NCc2ccc(CN)cc2F)cc1. The van der Waals surface area contributed by atoms with Crippen LogP contribution in [0.15, 0.2) is 42.5 Å². The summed E-state index contributed by atoms with van der Waals surface area (Å²) < 4.78 is 13.7. The highest BCUT2D eigenvalue weighted by atomic mass is 19.1. The molecule has 4 N–H and O–H groups in total. The zero-order valence-corrected chi connectivity index (χ0v) is 11.8. The van der Waals surface area contributed by atoms with E-state index in [-0.39, 0.29) is 18.4 Å². The Morgan fingerprint density at radius 1 is 1.19 bits per heavy atom. The Bertz CT molecular complexity index is 626. The van der Waals surface area contributed by atoms with E-state index >= 15 is 0 Å². The van der Waals surface area contributed by atoms with Crippen LogP contribution in [0.1, 0.15) is 16.7 Å². The second kappa shape index (κ2) is 6.85. The quantitative estimate of drug-likeness (QED) is 0.809. The molecule has 0 fully saturated rings. The number of anilines is 1. The molecule has 110 valence electrons. The van der Waals surface area contributed by atoms with Crippen LogP contribution < -0.4 is 16.4 Å². The molecular formula is C16H18FN3O. The second-order valence-corrected chi connectivity index (χ2v) is 4.80. The number of aryl methyl sites for hydroxylation is 1. The van der Waals surface area contributed by atoms with E-state index in [1.54, 1.807) is 12.1 Å². The summed E-state index contributed by atoms with van der Waals surface area (Å²) in [6.45, 7) is 2.38. The molecule has 0 aromatic heterocycles. The molecule has 4 nitrogen and oxygen atoms in total. The van der Waals surface area contributed by atoms with E-state index in [4.69, 9.17) is 5.73 Å². The highest BCUT2D eigenvalue weighted by Crippen LogP contribution is 2.11.